The minimum Gasteiger partial charge on any atom is -0.507 e. The van der Waals surface area contributed by atoms with Crippen LogP contribution in [0.4, 0.5) is 0 Å². The lowest BCUT2D eigenvalue weighted by Gasteiger charge is -2.03. The van der Waals surface area contributed by atoms with Gasteiger partial charge < -0.3 is 9.84 Å². The number of carbonyl (C=O) groups excluding carboxylic acids is 1. The summed E-state index contributed by atoms with van der Waals surface area (Å²) in [7, 11) is 1.50. The number of nitrogens with zero attached hydrogens (tertiary/aromatic N) is 4. The van der Waals surface area contributed by atoms with Crippen molar-refractivity contribution >= 4 is 5.78 Å². The molecule has 3 rings (SSSR count). The number of hydrogen-bond acceptors (Lipinski definition) is 6. The molecule has 0 amide bonds. The lowest BCUT2D eigenvalue weighted by molar-refractivity contribution is 0.103. The molecule has 0 radical (unpaired) electrons. The summed E-state index contributed by atoms with van der Waals surface area (Å²) in [5.41, 5.74) is 1.45. The highest BCUT2D eigenvalue weighted by molar-refractivity contribution is 6.10. The first-order valence-electron chi connectivity index (χ1n) is 6.85. The highest BCUT2D eigenvalue weighted by Gasteiger charge is 2.16. The Kier molecular flexibility index (Phi) is 3.76. The molecule has 7 nitrogen and oxygen atoms in total. The van der Waals surface area contributed by atoms with Crippen molar-refractivity contribution in [1.29, 1.82) is 0 Å². The van der Waals surface area contributed by atoms with Crippen LogP contribution in [0, 0.1) is 6.92 Å². The summed E-state index contributed by atoms with van der Waals surface area (Å²) in [5.74, 6) is 0.304. The van der Waals surface area contributed by atoms with Gasteiger partial charge in [-0.3, -0.25) is 4.79 Å². The lowest BCUT2D eigenvalue weighted by atomic mass is 10.0. The van der Waals surface area contributed by atoms with Crippen LogP contribution >= 0.6 is 0 Å². The zero-order chi connectivity index (χ0) is 16.4. The van der Waals surface area contributed by atoms with E-state index in [0.717, 1.165) is 5.56 Å². The second-order valence-corrected chi connectivity index (χ2v) is 4.92. The Labute approximate surface area is 132 Å². The fourth-order valence-electron chi connectivity index (χ4n) is 2.09. The molecule has 0 fully saturated rings. The number of aryl methyl sites for hydroxylation is 1. The topological polar surface area (TPSA) is 90.1 Å². The molecule has 0 aliphatic heterocycles. The third kappa shape index (κ3) is 2.89. The Morgan fingerprint density at radius 1 is 1.30 bits per heavy atom. The Bertz CT molecular complexity index is 873. The molecule has 0 spiro atoms. The molecule has 1 N–H and O–H groups in total. The largest absolute Gasteiger partial charge is 0.507 e. The monoisotopic (exact) mass is 310 g/mol. The number of methoxy groups -OCH3 is 1. The van der Waals surface area contributed by atoms with Crippen molar-refractivity contribution in [2.75, 3.05) is 7.11 Å². The summed E-state index contributed by atoms with van der Waals surface area (Å²) < 4.78 is 6.41. The van der Waals surface area contributed by atoms with Crippen LogP contribution in [0.15, 0.2) is 42.9 Å². The van der Waals surface area contributed by atoms with Gasteiger partial charge in [-0.25, -0.2) is 9.67 Å². The molecule has 0 aliphatic carbocycles. The molecule has 7 heteroatoms. The number of ketones is 1. The van der Waals surface area contributed by atoms with E-state index < -0.39 is 0 Å². The number of rotatable bonds is 4. The third-order valence-electron chi connectivity index (χ3n) is 3.27. The minimum absolute atomic E-state index is 0.0639. The van der Waals surface area contributed by atoms with Gasteiger partial charge in [0.1, 0.15) is 5.75 Å². The Morgan fingerprint density at radius 3 is 2.91 bits per heavy atom. The van der Waals surface area contributed by atoms with Crippen molar-refractivity contribution in [3.05, 3.63) is 59.5 Å². The van der Waals surface area contributed by atoms with E-state index in [1.54, 1.807) is 18.2 Å². The standard InChI is InChI=1S/C16H14N4O3/c1-10-3-4-13(21)12(7-10)15(22)11-8-18-20(9-11)16-17-6-5-14(19-16)23-2/h3-9,21H,1-2H3. The van der Waals surface area contributed by atoms with Crippen molar-refractivity contribution in [2.45, 2.75) is 6.92 Å². The SMILES string of the molecule is COc1ccnc(-n2cc(C(=O)c3cc(C)ccc3O)cn2)n1. The van der Waals surface area contributed by atoms with Crippen LogP contribution in [0.3, 0.4) is 0 Å². The van der Waals surface area contributed by atoms with E-state index in [2.05, 4.69) is 15.1 Å². The maximum Gasteiger partial charge on any atom is 0.253 e. The summed E-state index contributed by atoms with van der Waals surface area (Å²) in [6, 6.07) is 6.48. The van der Waals surface area contributed by atoms with E-state index in [9.17, 15) is 9.90 Å². The average molecular weight is 310 g/mol. The smallest absolute Gasteiger partial charge is 0.253 e. The number of ether oxygens (including phenoxy) is 1. The number of carbonyl (C=O) groups is 1. The Hall–Kier alpha value is -3.22. The normalized spacial score (nSPS) is 10.5. The number of aromatic nitrogens is 4. The summed E-state index contributed by atoms with van der Waals surface area (Å²) >= 11 is 0. The van der Waals surface area contributed by atoms with Gasteiger partial charge in [0.05, 0.1) is 24.4 Å². The minimum atomic E-state index is -0.319. The molecular weight excluding hydrogens is 296 g/mol. The molecule has 0 saturated carbocycles. The molecule has 0 atom stereocenters. The van der Waals surface area contributed by atoms with Gasteiger partial charge in [0.15, 0.2) is 5.78 Å². The molecular formula is C16H14N4O3. The van der Waals surface area contributed by atoms with E-state index in [0.29, 0.717) is 11.4 Å². The molecule has 23 heavy (non-hydrogen) atoms. The Morgan fingerprint density at radius 2 is 2.13 bits per heavy atom. The summed E-state index contributed by atoms with van der Waals surface area (Å²) in [6.07, 6.45) is 4.46. The van der Waals surface area contributed by atoms with E-state index in [1.807, 2.05) is 6.92 Å². The number of hydrogen-bond donors (Lipinski definition) is 1. The van der Waals surface area contributed by atoms with Crippen LogP contribution in [-0.2, 0) is 0 Å². The fourth-order valence-corrected chi connectivity index (χ4v) is 2.09. The maximum absolute atomic E-state index is 12.5. The van der Waals surface area contributed by atoms with Crippen molar-refractivity contribution in [2.24, 2.45) is 0 Å². The summed E-state index contributed by atoms with van der Waals surface area (Å²) in [4.78, 5) is 20.7. The predicted octanol–water partition coefficient (Wildman–Crippen LogP) is 1.92. The number of benzene rings is 1. The Balaban J connectivity index is 1.95. The van der Waals surface area contributed by atoms with Gasteiger partial charge in [0, 0.05) is 18.5 Å². The predicted molar refractivity (Wildman–Crippen MR) is 82.0 cm³/mol. The summed E-state index contributed by atoms with van der Waals surface area (Å²) in [6.45, 7) is 1.85. The molecule has 0 aliphatic rings. The van der Waals surface area contributed by atoms with E-state index in [4.69, 9.17) is 4.74 Å². The maximum atomic E-state index is 12.5. The summed E-state index contributed by atoms with van der Waals surface area (Å²) in [5, 5.41) is 14.0. The van der Waals surface area contributed by atoms with Crippen LogP contribution in [0.25, 0.3) is 5.95 Å². The second kappa shape index (κ2) is 5.88. The molecule has 0 bridgehead atoms. The highest BCUT2D eigenvalue weighted by atomic mass is 16.5. The third-order valence-corrected chi connectivity index (χ3v) is 3.27. The van der Waals surface area contributed by atoms with E-state index in [-0.39, 0.29) is 23.0 Å². The van der Waals surface area contributed by atoms with Gasteiger partial charge in [0.25, 0.3) is 5.95 Å². The van der Waals surface area contributed by atoms with Crippen molar-refractivity contribution in [1.82, 2.24) is 19.7 Å². The van der Waals surface area contributed by atoms with Crippen molar-refractivity contribution in [3.63, 3.8) is 0 Å². The molecule has 3 aromatic rings. The molecule has 0 unspecified atom stereocenters. The van der Waals surface area contributed by atoms with Crippen LogP contribution in [0.5, 0.6) is 11.6 Å². The quantitative estimate of drug-likeness (QED) is 0.740. The fraction of sp³-hybridized carbons (Fsp3) is 0.125. The van der Waals surface area contributed by atoms with Crippen molar-refractivity contribution < 1.29 is 14.6 Å². The van der Waals surface area contributed by atoms with E-state index >= 15 is 0 Å². The van der Waals surface area contributed by atoms with Gasteiger partial charge >= 0.3 is 0 Å². The average Bonchev–Trinajstić information content (AvgIpc) is 3.06. The number of aromatic hydroxyl groups is 1. The number of phenolic OH excluding ortho intramolecular Hbond substituents is 1. The van der Waals surface area contributed by atoms with Crippen LogP contribution in [-0.4, -0.2) is 37.7 Å². The van der Waals surface area contributed by atoms with Crippen LogP contribution in [0.2, 0.25) is 0 Å². The lowest BCUT2D eigenvalue weighted by Crippen LogP contribution is -2.03. The molecule has 116 valence electrons. The molecule has 2 aromatic heterocycles. The molecule has 0 saturated heterocycles. The zero-order valence-corrected chi connectivity index (χ0v) is 12.6. The molecule has 1 aromatic carbocycles. The van der Waals surface area contributed by atoms with Gasteiger partial charge in [-0.05, 0) is 19.1 Å². The van der Waals surface area contributed by atoms with Gasteiger partial charge in [-0.2, -0.15) is 10.1 Å². The first-order valence-corrected chi connectivity index (χ1v) is 6.85. The highest BCUT2D eigenvalue weighted by Crippen LogP contribution is 2.22. The second-order valence-electron chi connectivity index (χ2n) is 4.92. The van der Waals surface area contributed by atoms with E-state index in [1.165, 1.54) is 36.4 Å². The van der Waals surface area contributed by atoms with Crippen LogP contribution in [0.1, 0.15) is 21.5 Å². The van der Waals surface area contributed by atoms with Gasteiger partial charge in [-0.1, -0.05) is 11.6 Å². The zero-order valence-electron chi connectivity index (χ0n) is 12.6. The number of phenols is 1. The first kappa shape index (κ1) is 14.7. The first-order chi connectivity index (χ1) is 11.1. The van der Waals surface area contributed by atoms with Crippen molar-refractivity contribution in [3.8, 4) is 17.6 Å². The van der Waals surface area contributed by atoms with Gasteiger partial charge in [-0.15, -0.1) is 0 Å². The molecule has 2 heterocycles. The van der Waals surface area contributed by atoms with Gasteiger partial charge in [0.2, 0.25) is 5.88 Å². The van der Waals surface area contributed by atoms with Crippen LogP contribution < -0.4 is 4.74 Å².